The van der Waals surface area contributed by atoms with Crippen LogP contribution in [-0.2, 0) is 4.79 Å². The van der Waals surface area contributed by atoms with Crippen LogP contribution >= 0.6 is 0 Å². The van der Waals surface area contributed by atoms with Gasteiger partial charge in [0.25, 0.3) is 0 Å². The number of methoxy groups -OCH3 is 1. The lowest BCUT2D eigenvalue weighted by atomic mass is 9.93. The molecule has 0 aliphatic rings. The average Bonchev–Trinajstić information content (AvgIpc) is 2.60. The van der Waals surface area contributed by atoms with Gasteiger partial charge in [0.05, 0.1) is 19.1 Å². The first-order chi connectivity index (χ1) is 11.6. The molecule has 0 aliphatic carbocycles. The van der Waals surface area contributed by atoms with Crippen molar-refractivity contribution in [1.82, 2.24) is 5.32 Å². The van der Waals surface area contributed by atoms with Crippen LogP contribution in [0.4, 0.5) is 0 Å². The van der Waals surface area contributed by atoms with E-state index in [-0.39, 0.29) is 17.9 Å². The number of hydrogen-bond donors (Lipinski definition) is 1. The maximum Gasteiger partial charge on any atom is 0.228 e. The molecule has 0 aliphatic heterocycles. The van der Waals surface area contributed by atoms with Gasteiger partial charge in [0.1, 0.15) is 5.75 Å². The highest BCUT2D eigenvalue weighted by atomic mass is 16.5. The summed E-state index contributed by atoms with van der Waals surface area (Å²) in [6.07, 6.45) is 1.81. The van der Waals surface area contributed by atoms with E-state index in [4.69, 9.17) is 4.74 Å². The Morgan fingerprint density at radius 3 is 2.50 bits per heavy atom. The van der Waals surface area contributed by atoms with Crippen molar-refractivity contribution in [3.05, 3.63) is 65.2 Å². The van der Waals surface area contributed by atoms with Crippen LogP contribution in [0.15, 0.2) is 48.5 Å². The van der Waals surface area contributed by atoms with Gasteiger partial charge >= 0.3 is 0 Å². The molecule has 0 heterocycles. The summed E-state index contributed by atoms with van der Waals surface area (Å²) in [5.74, 6) is 0.758. The molecule has 24 heavy (non-hydrogen) atoms. The van der Waals surface area contributed by atoms with Gasteiger partial charge in [0.2, 0.25) is 5.91 Å². The van der Waals surface area contributed by atoms with Gasteiger partial charge in [-0.3, -0.25) is 4.79 Å². The van der Waals surface area contributed by atoms with Gasteiger partial charge in [-0.05, 0) is 31.9 Å². The molecule has 0 fully saturated rings. The van der Waals surface area contributed by atoms with E-state index in [9.17, 15) is 4.79 Å². The zero-order valence-electron chi connectivity index (χ0n) is 15.0. The predicted octanol–water partition coefficient (Wildman–Crippen LogP) is 4.76. The Balaban J connectivity index is 2.19. The maximum atomic E-state index is 12.8. The minimum atomic E-state index is -0.116. The lowest BCUT2D eigenvalue weighted by Gasteiger charge is -2.22. The minimum absolute atomic E-state index is 0.0686. The van der Waals surface area contributed by atoms with E-state index in [0.717, 1.165) is 35.3 Å². The van der Waals surface area contributed by atoms with Gasteiger partial charge in [0.15, 0.2) is 0 Å². The summed E-state index contributed by atoms with van der Waals surface area (Å²) >= 11 is 0. The standard InChI is InChI=1S/C21H27NO2/c1-5-9-18(17-10-7-6-8-11-17)21(23)22-16(3)19-14-15(2)12-13-20(19)24-4/h6-8,10-14,16,18H,5,9H2,1-4H3,(H,22,23). The summed E-state index contributed by atoms with van der Waals surface area (Å²) < 4.78 is 5.44. The van der Waals surface area contributed by atoms with Gasteiger partial charge in [0, 0.05) is 5.56 Å². The molecule has 0 bridgehead atoms. The number of hydrogen-bond acceptors (Lipinski definition) is 2. The van der Waals surface area contributed by atoms with Gasteiger partial charge in [-0.2, -0.15) is 0 Å². The van der Waals surface area contributed by atoms with Gasteiger partial charge in [-0.15, -0.1) is 0 Å². The van der Waals surface area contributed by atoms with Crippen LogP contribution in [0.5, 0.6) is 5.75 Å². The number of nitrogens with one attached hydrogen (secondary N) is 1. The molecular formula is C21H27NO2. The Morgan fingerprint density at radius 2 is 1.88 bits per heavy atom. The normalized spacial score (nSPS) is 13.2. The minimum Gasteiger partial charge on any atom is -0.496 e. The van der Waals surface area contributed by atoms with Gasteiger partial charge in [-0.25, -0.2) is 0 Å². The van der Waals surface area contributed by atoms with Crippen LogP contribution < -0.4 is 10.1 Å². The second-order valence-electron chi connectivity index (χ2n) is 6.23. The summed E-state index contributed by atoms with van der Waals surface area (Å²) in [4.78, 5) is 12.8. The van der Waals surface area contributed by atoms with E-state index in [1.165, 1.54) is 0 Å². The highest BCUT2D eigenvalue weighted by molar-refractivity contribution is 5.84. The van der Waals surface area contributed by atoms with E-state index in [2.05, 4.69) is 18.3 Å². The number of carbonyl (C=O) groups excluding carboxylic acids is 1. The molecule has 3 heteroatoms. The van der Waals surface area contributed by atoms with E-state index >= 15 is 0 Å². The van der Waals surface area contributed by atoms with E-state index < -0.39 is 0 Å². The summed E-state index contributed by atoms with van der Waals surface area (Å²) in [6.45, 7) is 6.15. The lowest BCUT2D eigenvalue weighted by molar-refractivity contribution is -0.123. The Morgan fingerprint density at radius 1 is 1.17 bits per heavy atom. The van der Waals surface area contributed by atoms with Crippen molar-refractivity contribution in [2.24, 2.45) is 0 Å². The molecule has 0 spiro atoms. The molecule has 2 rings (SSSR count). The number of rotatable bonds is 7. The molecular weight excluding hydrogens is 298 g/mol. The quantitative estimate of drug-likeness (QED) is 0.796. The molecule has 3 nitrogen and oxygen atoms in total. The fraction of sp³-hybridized carbons (Fsp3) is 0.381. The molecule has 0 radical (unpaired) electrons. The lowest BCUT2D eigenvalue weighted by Crippen LogP contribution is -2.32. The van der Waals surface area contributed by atoms with Crippen LogP contribution in [0.1, 0.15) is 55.3 Å². The molecule has 2 aromatic carbocycles. The van der Waals surface area contributed by atoms with Gasteiger partial charge < -0.3 is 10.1 Å². The van der Waals surface area contributed by atoms with Crippen LogP contribution in [0.2, 0.25) is 0 Å². The summed E-state index contributed by atoms with van der Waals surface area (Å²) in [7, 11) is 1.66. The van der Waals surface area contributed by atoms with E-state index in [1.807, 2.05) is 56.3 Å². The highest BCUT2D eigenvalue weighted by Crippen LogP contribution is 2.28. The molecule has 0 saturated heterocycles. The second-order valence-corrected chi connectivity index (χ2v) is 6.23. The average molecular weight is 325 g/mol. The Bertz CT molecular complexity index is 667. The van der Waals surface area contributed by atoms with Crippen LogP contribution in [0.25, 0.3) is 0 Å². The molecule has 2 aromatic rings. The summed E-state index contributed by atoms with van der Waals surface area (Å²) in [5, 5.41) is 3.16. The zero-order valence-corrected chi connectivity index (χ0v) is 15.0. The first-order valence-electron chi connectivity index (χ1n) is 8.56. The van der Waals surface area contributed by atoms with Crippen molar-refractivity contribution in [3.63, 3.8) is 0 Å². The first-order valence-corrected chi connectivity index (χ1v) is 8.56. The third kappa shape index (κ3) is 4.38. The summed E-state index contributed by atoms with van der Waals surface area (Å²) in [5.41, 5.74) is 3.23. The molecule has 0 saturated carbocycles. The second kappa shape index (κ2) is 8.53. The molecule has 0 aromatic heterocycles. The summed E-state index contributed by atoms with van der Waals surface area (Å²) in [6, 6.07) is 15.9. The third-order valence-electron chi connectivity index (χ3n) is 4.31. The van der Waals surface area contributed by atoms with Gasteiger partial charge in [-0.1, -0.05) is 61.4 Å². The van der Waals surface area contributed by atoms with E-state index in [0.29, 0.717) is 0 Å². The van der Waals surface area contributed by atoms with Crippen LogP contribution in [-0.4, -0.2) is 13.0 Å². The monoisotopic (exact) mass is 325 g/mol. The molecule has 2 atom stereocenters. The Kier molecular flexibility index (Phi) is 6.42. The largest absolute Gasteiger partial charge is 0.496 e. The Hall–Kier alpha value is -2.29. The third-order valence-corrected chi connectivity index (χ3v) is 4.31. The van der Waals surface area contributed by atoms with Crippen molar-refractivity contribution < 1.29 is 9.53 Å². The number of amides is 1. The fourth-order valence-corrected chi connectivity index (χ4v) is 3.01. The number of ether oxygens (including phenoxy) is 1. The molecule has 1 N–H and O–H groups in total. The van der Waals surface area contributed by atoms with E-state index in [1.54, 1.807) is 7.11 Å². The number of benzene rings is 2. The zero-order chi connectivity index (χ0) is 17.5. The first kappa shape index (κ1) is 18.1. The number of carbonyl (C=O) groups is 1. The molecule has 1 amide bonds. The van der Waals surface area contributed by atoms with Crippen molar-refractivity contribution in [2.75, 3.05) is 7.11 Å². The molecule has 2 unspecified atom stereocenters. The van der Waals surface area contributed by atoms with Crippen molar-refractivity contribution in [3.8, 4) is 5.75 Å². The van der Waals surface area contributed by atoms with Crippen molar-refractivity contribution >= 4 is 5.91 Å². The predicted molar refractivity (Wildman–Crippen MR) is 98.4 cm³/mol. The highest BCUT2D eigenvalue weighted by Gasteiger charge is 2.22. The van der Waals surface area contributed by atoms with Crippen LogP contribution in [0.3, 0.4) is 0 Å². The fourth-order valence-electron chi connectivity index (χ4n) is 3.01. The SMILES string of the molecule is CCCC(C(=O)NC(C)c1cc(C)ccc1OC)c1ccccc1. The number of aryl methyl sites for hydroxylation is 1. The van der Waals surface area contributed by atoms with Crippen molar-refractivity contribution in [1.29, 1.82) is 0 Å². The smallest absolute Gasteiger partial charge is 0.228 e. The Labute approximate surface area is 145 Å². The topological polar surface area (TPSA) is 38.3 Å². The molecule has 128 valence electrons. The van der Waals surface area contributed by atoms with Crippen LogP contribution in [0, 0.1) is 6.92 Å². The van der Waals surface area contributed by atoms with Crippen molar-refractivity contribution in [2.45, 2.75) is 45.6 Å². The maximum absolute atomic E-state index is 12.8.